The van der Waals surface area contributed by atoms with E-state index in [0.29, 0.717) is 0 Å². The third-order valence-corrected chi connectivity index (χ3v) is 3.17. The summed E-state index contributed by atoms with van der Waals surface area (Å²) in [7, 11) is 0. The van der Waals surface area contributed by atoms with Crippen LogP contribution in [-0.2, 0) is 0 Å². The van der Waals surface area contributed by atoms with E-state index in [9.17, 15) is 0 Å². The minimum absolute atomic E-state index is 0.721. The molecule has 0 bridgehead atoms. The van der Waals surface area contributed by atoms with Gasteiger partial charge in [-0.1, -0.05) is 18.2 Å². The smallest absolute Gasteiger partial charge is 0.110 e. The Bertz CT molecular complexity index is 431. The standard InChI is InChI=1S/C9H10N2S/c1-5-3-2-4-6-7(10)9(11)12-8(5)6/h2-4H,10-11H2,1H3. The van der Waals surface area contributed by atoms with Crippen molar-refractivity contribution in [2.45, 2.75) is 6.92 Å². The highest BCUT2D eigenvalue weighted by molar-refractivity contribution is 7.23. The van der Waals surface area contributed by atoms with Gasteiger partial charge in [-0.3, -0.25) is 0 Å². The monoisotopic (exact) mass is 178 g/mol. The predicted octanol–water partition coefficient (Wildman–Crippen LogP) is 2.37. The van der Waals surface area contributed by atoms with Gasteiger partial charge in [-0.05, 0) is 12.5 Å². The third kappa shape index (κ3) is 0.865. The second kappa shape index (κ2) is 2.38. The lowest BCUT2D eigenvalue weighted by atomic mass is 10.2. The summed E-state index contributed by atoms with van der Waals surface area (Å²) in [5.74, 6) is 0. The molecule has 1 aromatic carbocycles. The Morgan fingerprint density at radius 2 is 2.00 bits per heavy atom. The average Bonchev–Trinajstić information content (AvgIpc) is 2.32. The van der Waals surface area contributed by atoms with Crippen LogP contribution in [0.3, 0.4) is 0 Å². The number of nitrogens with two attached hydrogens (primary N) is 2. The maximum Gasteiger partial charge on any atom is 0.110 e. The van der Waals surface area contributed by atoms with Crippen molar-refractivity contribution in [2.24, 2.45) is 0 Å². The molecule has 1 heterocycles. The first-order valence-corrected chi connectivity index (χ1v) is 4.55. The third-order valence-electron chi connectivity index (χ3n) is 1.98. The van der Waals surface area contributed by atoms with E-state index >= 15 is 0 Å². The van der Waals surface area contributed by atoms with Crippen molar-refractivity contribution in [3.8, 4) is 0 Å². The van der Waals surface area contributed by atoms with Gasteiger partial charge in [-0.15, -0.1) is 11.3 Å². The fraction of sp³-hybridized carbons (Fsp3) is 0.111. The van der Waals surface area contributed by atoms with Gasteiger partial charge >= 0.3 is 0 Å². The van der Waals surface area contributed by atoms with E-state index in [2.05, 4.69) is 13.0 Å². The van der Waals surface area contributed by atoms with Gasteiger partial charge in [0.1, 0.15) is 5.00 Å². The molecule has 3 heteroatoms. The Balaban J connectivity index is 2.95. The van der Waals surface area contributed by atoms with Crippen LogP contribution in [0.1, 0.15) is 5.56 Å². The highest BCUT2D eigenvalue weighted by Gasteiger charge is 2.06. The Kier molecular flexibility index (Phi) is 1.48. The molecule has 0 fully saturated rings. The minimum Gasteiger partial charge on any atom is -0.396 e. The van der Waals surface area contributed by atoms with Crippen molar-refractivity contribution in [1.82, 2.24) is 0 Å². The van der Waals surface area contributed by atoms with Crippen LogP contribution in [0.2, 0.25) is 0 Å². The molecule has 0 aliphatic rings. The van der Waals surface area contributed by atoms with E-state index in [0.717, 1.165) is 16.1 Å². The van der Waals surface area contributed by atoms with Gasteiger partial charge in [0.25, 0.3) is 0 Å². The zero-order valence-electron chi connectivity index (χ0n) is 6.79. The molecule has 0 saturated heterocycles. The van der Waals surface area contributed by atoms with Crippen LogP contribution in [0.25, 0.3) is 10.1 Å². The Hall–Kier alpha value is -1.22. The van der Waals surface area contributed by atoms with E-state index in [1.165, 1.54) is 10.3 Å². The number of nitrogen functional groups attached to an aromatic ring is 2. The molecule has 0 unspecified atom stereocenters. The van der Waals surface area contributed by atoms with E-state index in [1.54, 1.807) is 11.3 Å². The van der Waals surface area contributed by atoms with Gasteiger partial charge in [-0.25, -0.2) is 0 Å². The lowest BCUT2D eigenvalue weighted by Gasteiger charge is -1.93. The molecular formula is C9H10N2S. The van der Waals surface area contributed by atoms with E-state index < -0.39 is 0 Å². The lowest BCUT2D eigenvalue weighted by molar-refractivity contribution is 1.56. The highest BCUT2D eigenvalue weighted by atomic mass is 32.1. The molecule has 1 aromatic heterocycles. The van der Waals surface area contributed by atoms with Crippen LogP contribution in [0.15, 0.2) is 18.2 Å². The number of thiophene rings is 1. The summed E-state index contributed by atoms with van der Waals surface area (Å²) in [6.45, 7) is 2.07. The zero-order chi connectivity index (χ0) is 8.72. The molecule has 2 aromatic rings. The van der Waals surface area contributed by atoms with Crippen molar-refractivity contribution in [3.05, 3.63) is 23.8 Å². The quantitative estimate of drug-likeness (QED) is 0.650. The largest absolute Gasteiger partial charge is 0.396 e. The zero-order valence-corrected chi connectivity index (χ0v) is 7.61. The molecule has 62 valence electrons. The van der Waals surface area contributed by atoms with Crippen molar-refractivity contribution in [3.63, 3.8) is 0 Å². The molecule has 0 atom stereocenters. The molecular weight excluding hydrogens is 168 g/mol. The van der Waals surface area contributed by atoms with E-state index in [1.807, 2.05) is 12.1 Å². The number of aryl methyl sites for hydroxylation is 1. The summed E-state index contributed by atoms with van der Waals surface area (Å²) in [4.78, 5) is 0. The molecule has 0 saturated carbocycles. The van der Waals surface area contributed by atoms with Crippen LogP contribution >= 0.6 is 11.3 Å². The van der Waals surface area contributed by atoms with Crippen LogP contribution in [0.4, 0.5) is 10.7 Å². The molecule has 0 spiro atoms. The normalized spacial score (nSPS) is 10.8. The first-order chi connectivity index (χ1) is 5.70. The SMILES string of the molecule is Cc1cccc2c(N)c(N)sc12. The van der Waals surface area contributed by atoms with Crippen molar-refractivity contribution < 1.29 is 0 Å². The second-order valence-corrected chi connectivity index (χ2v) is 3.88. The van der Waals surface area contributed by atoms with Crippen LogP contribution in [0, 0.1) is 6.92 Å². The number of hydrogen-bond donors (Lipinski definition) is 2. The Morgan fingerprint density at radius 3 is 2.67 bits per heavy atom. The summed E-state index contributed by atoms with van der Waals surface area (Å²) < 4.78 is 1.20. The van der Waals surface area contributed by atoms with Crippen LogP contribution in [-0.4, -0.2) is 0 Å². The maximum absolute atomic E-state index is 5.79. The number of hydrogen-bond acceptors (Lipinski definition) is 3. The number of anilines is 2. The summed E-state index contributed by atoms with van der Waals surface area (Å²) in [6, 6.07) is 6.07. The lowest BCUT2D eigenvalue weighted by Crippen LogP contribution is -1.87. The number of fused-ring (bicyclic) bond motifs is 1. The first-order valence-electron chi connectivity index (χ1n) is 3.73. The molecule has 0 amide bonds. The summed E-state index contributed by atoms with van der Waals surface area (Å²) in [5.41, 5.74) is 13.5. The van der Waals surface area contributed by atoms with E-state index in [4.69, 9.17) is 11.5 Å². The topological polar surface area (TPSA) is 52.0 Å². The Labute approximate surface area is 74.8 Å². The number of rotatable bonds is 0. The molecule has 0 aliphatic heterocycles. The first kappa shape index (κ1) is 7.43. The number of benzene rings is 1. The molecule has 4 N–H and O–H groups in total. The highest BCUT2D eigenvalue weighted by Crippen LogP contribution is 2.37. The molecule has 0 aliphatic carbocycles. The summed E-state index contributed by atoms with van der Waals surface area (Å²) in [5, 5.41) is 1.80. The van der Waals surface area contributed by atoms with Gasteiger partial charge in [0.15, 0.2) is 0 Å². The summed E-state index contributed by atoms with van der Waals surface area (Å²) >= 11 is 1.56. The fourth-order valence-electron chi connectivity index (χ4n) is 1.30. The van der Waals surface area contributed by atoms with Gasteiger partial charge in [0.2, 0.25) is 0 Å². The maximum atomic E-state index is 5.79. The van der Waals surface area contributed by atoms with Crippen LogP contribution in [0.5, 0.6) is 0 Å². The van der Waals surface area contributed by atoms with Crippen LogP contribution < -0.4 is 11.5 Å². The molecule has 2 rings (SSSR count). The van der Waals surface area contributed by atoms with Gasteiger partial charge in [-0.2, -0.15) is 0 Å². The van der Waals surface area contributed by atoms with Crippen molar-refractivity contribution in [1.29, 1.82) is 0 Å². The predicted molar refractivity (Wildman–Crippen MR) is 55.4 cm³/mol. The average molecular weight is 178 g/mol. The Morgan fingerprint density at radius 1 is 1.25 bits per heavy atom. The minimum atomic E-state index is 0.721. The van der Waals surface area contributed by atoms with Gasteiger partial charge in [0, 0.05) is 10.1 Å². The van der Waals surface area contributed by atoms with Gasteiger partial charge < -0.3 is 11.5 Å². The van der Waals surface area contributed by atoms with Crippen molar-refractivity contribution >= 4 is 32.1 Å². The van der Waals surface area contributed by atoms with Gasteiger partial charge in [0.05, 0.1) is 5.69 Å². The molecule has 12 heavy (non-hydrogen) atoms. The summed E-state index contributed by atoms with van der Waals surface area (Å²) in [6.07, 6.45) is 0. The van der Waals surface area contributed by atoms with Crippen molar-refractivity contribution in [2.75, 3.05) is 11.5 Å². The van der Waals surface area contributed by atoms with E-state index in [-0.39, 0.29) is 0 Å². The molecule has 2 nitrogen and oxygen atoms in total. The second-order valence-electron chi connectivity index (χ2n) is 2.83. The fourth-order valence-corrected chi connectivity index (χ4v) is 2.25. The molecule has 0 radical (unpaired) electrons.